The third-order valence-electron chi connectivity index (χ3n) is 3.54. The number of hydrogen-bond acceptors (Lipinski definition) is 3. The lowest BCUT2D eigenvalue weighted by molar-refractivity contribution is -0.275. The van der Waals surface area contributed by atoms with Gasteiger partial charge in [-0.3, -0.25) is 0 Å². The van der Waals surface area contributed by atoms with Crippen molar-refractivity contribution < 1.29 is 27.8 Å². The Bertz CT molecular complexity index is 442. The summed E-state index contributed by atoms with van der Waals surface area (Å²) in [4.78, 5) is 0. The van der Waals surface area contributed by atoms with Crippen LogP contribution in [-0.4, -0.2) is 24.2 Å². The Balaban J connectivity index is 1.96. The van der Waals surface area contributed by atoms with Crippen molar-refractivity contribution in [3.8, 4) is 5.75 Å². The summed E-state index contributed by atoms with van der Waals surface area (Å²) in [7, 11) is 0. The third-order valence-corrected chi connectivity index (χ3v) is 3.54. The topological polar surface area (TPSA) is 38.7 Å². The van der Waals surface area contributed by atoms with Crippen molar-refractivity contribution in [2.75, 3.05) is 6.61 Å². The molecule has 3 nitrogen and oxygen atoms in total. The van der Waals surface area contributed by atoms with Gasteiger partial charge in [0.1, 0.15) is 5.75 Å². The maximum Gasteiger partial charge on any atom is 0.573 e. The summed E-state index contributed by atoms with van der Waals surface area (Å²) < 4.78 is 46.5. The average Bonchev–Trinajstić information content (AvgIpc) is 2.45. The highest BCUT2D eigenvalue weighted by Gasteiger charge is 2.32. The average molecular weight is 304 g/mol. The van der Waals surface area contributed by atoms with Gasteiger partial charge in [-0.25, -0.2) is 0 Å². The molecule has 21 heavy (non-hydrogen) atoms. The summed E-state index contributed by atoms with van der Waals surface area (Å²) in [6, 6.07) is 5.69. The van der Waals surface area contributed by atoms with Crippen LogP contribution in [-0.2, 0) is 4.74 Å². The van der Waals surface area contributed by atoms with E-state index in [1.54, 1.807) is 6.07 Å². The Morgan fingerprint density at radius 1 is 1.29 bits per heavy atom. The van der Waals surface area contributed by atoms with Crippen LogP contribution >= 0.6 is 0 Å². The van der Waals surface area contributed by atoms with Crippen LogP contribution in [0.15, 0.2) is 24.3 Å². The number of alkyl halides is 3. The van der Waals surface area contributed by atoms with E-state index in [1.165, 1.54) is 18.2 Å². The van der Waals surface area contributed by atoms with E-state index in [9.17, 15) is 18.3 Å². The molecule has 1 aliphatic rings. The SMILES string of the molecule is OC(CCC1CCCCO1)c1ccccc1OC(F)(F)F. The Morgan fingerprint density at radius 3 is 2.71 bits per heavy atom. The van der Waals surface area contributed by atoms with Gasteiger partial charge in [0.25, 0.3) is 0 Å². The summed E-state index contributed by atoms with van der Waals surface area (Å²) in [6.45, 7) is 0.717. The fourth-order valence-electron chi connectivity index (χ4n) is 2.51. The molecule has 1 aromatic rings. The summed E-state index contributed by atoms with van der Waals surface area (Å²) in [6.07, 6.45) is -1.62. The van der Waals surface area contributed by atoms with E-state index < -0.39 is 12.5 Å². The lowest BCUT2D eigenvalue weighted by Crippen LogP contribution is -2.20. The van der Waals surface area contributed by atoms with E-state index >= 15 is 0 Å². The third kappa shape index (κ3) is 5.21. The van der Waals surface area contributed by atoms with Crippen LogP contribution in [0.25, 0.3) is 0 Å². The van der Waals surface area contributed by atoms with E-state index in [2.05, 4.69) is 4.74 Å². The molecular weight excluding hydrogens is 285 g/mol. The van der Waals surface area contributed by atoms with E-state index in [4.69, 9.17) is 4.74 Å². The first-order valence-corrected chi connectivity index (χ1v) is 7.10. The smallest absolute Gasteiger partial charge is 0.405 e. The highest BCUT2D eigenvalue weighted by atomic mass is 19.4. The molecule has 1 aromatic carbocycles. The van der Waals surface area contributed by atoms with E-state index in [1.807, 2.05) is 0 Å². The Labute approximate surface area is 121 Å². The first-order chi connectivity index (χ1) is 9.96. The van der Waals surface area contributed by atoms with Gasteiger partial charge in [0.2, 0.25) is 0 Å². The first kappa shape index (κ1) is 16.1. The zero-order valence-corrected chi connectivity index (χ0v) is 11.6. The predicted octanol–water partition coefficient (Wildman–Crippen LogP) is 3.97. The fourth-order valence-corrected chi connectivity index (χ4v) is 2.51. The van der Waals surface area contributed by atoms with Crippen LogP contribution in [0.4, 0.5) is 13.2 Å². The van der Waals surface area contributed by atoms with Gasteiger partial charge in [0.15, 0.2) is 0 Å². The van der Waals surface area contributed by atoms with Gasteiger partial charge in [-0.05, 0) is 38.2 Å². The number of aliphatic hydroxyl groups is 1. The number of halogens is 3. The molecule has 0 saturated carbocycles. The lowest BCUT2D eigenvalue weighted by Gasteiger charge is -2.24. The molecule has 0 spiro atoms. The molecule has 118 valence electrons. The van der Waals surface area contributed by atoms with Crippen molar-refractivity contribution in [2.45, 2.75) is 50.7 Å². The maximum atomic E-state index is 12.3. The van der Waals surface area contributed by atoms with Crippen molar-refractivity contribution in [3.05, 3.63) is 29.8 Å². The Kier molecular flexibility index (Phi) is 5.47. The molecule has 0 aromatic heterocycles. The molecule has 2 unspecified atom stereocenters. The predicted molar refractivity (Wildman–Crippen MR) is 70.9 cm³/mol. The Morgan fingerprint density at radius 2 is 2.05 bits per heavy atom. The molecule has 2 rings (SSSR count). The van der Waals surface area contributed by atoms with E-state index in [-0.39, 0.29) is 17.4 Å². The van der Waals surface area contributed by atoms with Crippen molar-refractivity contribution in [1.82, 2.24) is 0 Å². The molecule has 1 aliphatic heterocycles. The lowest BCUT2D eigenvalue weighted by atomic mass is 9.98. The largest absolute Gasteiger partial charge is 0.573 e. The van der Waals surface area contributed by atoms with Gasteiger partial charge >= 0.3 is 6.36 Å². The number of ether oxygens (including phenoxy) is 2. The molecular formula is C15H19F3O3. The van der Waals surface area contributed by atoms with Crippen molar-refractivity contribution in [2.24, 2.45) is 0 Å². The van der Waals surface area contributed by atoms with Crippen LogP contribution in [0.1, 0.15) is 43.8 Å². The number of benzene rings is 1. The molecule has 0 bridgehead atoms. The molecule has 2 atom stereocenters. The molecule has 0 radical (unpaired) electrons. The van der Waals surface area contributed by atoms with Crippen LogP contribution in [0.5, 0.6) is 5.75 Å². The zero-order chi connectivity index (χ0) is 15.3. The minimum absolute atomic E-state index is 0.0871. The second kappa shape index (κ2) is 7.13. The Hall–Kier alpha value is -1.27. The molecule has 1 heterocycles. The van der Waals surface area contributed by atoms with Crippen LogP contribution in [0.3, 0.4) is 0 Å². The summed E-state index contributed by atoms with van der Waals surface area (Å²) in [5.41, 5.74) is 0.158. The summed E-state index contributed by atoms with van der Waals surface area (Å²) >= 11 is 0. The van der Waals surface area contributed by atoms with Crippen molar-refractivity contribution in [3.63, 3.8) is 0 Å². The number of hydrogen-bond donors (Lipinski definition) is 1. The van der Waals surface area contributed by atoms with Gasteiger partial charge in [-0.15, -0.1) is 13.2 Å². The van der Waals surface area contributed by atoms with Gasteiger partial charge in [-0.2, -0.15) is 0 Å². The molecule has 6 heteroatoms. The van der Waals surface area contributed by atoms with Gasteiger partial charge in [-0.1, -0.05) is 18.2 Å². The standard InChI is InChI=1S/C15H19F3O3/c16-15(17,18)21-14-7-2-1-6-12(14)13(19)9-8-11-5-3-4-10-20-11/h1-2,6-7,11,13,19H,3-5,8-10H2. The van der Waals surface area contributed by atoms with E-state index in [0.29, 0.717) is 19.4 Å². The molecule has 0 amide bonds. The monoisotopic (exact) mass is 304 g/mol. The van der Waals surface area contributed by atoms with Crippen LogP contribution in [0, 0.1) is 0 Å². The first-order valence-electron chi connectivity index (χ1n) is 7.10. The fraction of sp³-hybridized carbons (Fsp3) is 0.600. The second-order valence-electron chi connectivity index (χ2n) is 5.17. The van der Waals surface area contributed by atoms with Crippen molar-refractivity contribution >= 4 is 0 Å². The summed E-state index contributed by atoms with van der Waals surface area (Å²) in [5, 5.41) is 10.1. The number of rotatable bonds is 5. The minimum atomic E-state index is -4.76. The highest BCUT2D eigenvalue weighted by molar-refractivity contribution is 5.35. The zero-order valence-electron chi connectivity index (χ0n) is 11.6. The molecule has 1 fully saturated rings. The van der Waals surface area contributed by atoms with Crippen LogP contribution in [0.2, 0.25) is 0 Å². The number of para-hydroxylation sites is 1. The molecule has 1 N–H and O–H groups in total. The molecule has 1 saturated heterocycles. The number of aliphatic hydroxyl groups excluding tert-OH is 1. The quantitative estimate of drug-likeness (QED) is 0.894. The second-order valence-corrected chi connectivity index (χ2v) is 5.17. The maximum absolute atomic E-state index is 12.3. The van der Waals surface area contributed by atoms with Gasteiger partial charge in [0.05, 0.1) is 12.2 Å². The normalized spacial score (nSPS) is 21.0. The van der Waals surface area contributed by atoms with Crippen molar-refractivity contribution in [1.29, 1.82) is 0 Å². The summed E-state index contributed by atoms with van der Waals surface area (Å²) in [5.74, 6) is -0.345. The van der Waals surface area contributed by atoms with Gasteiger partial charge < -0.3 is 14.6 Å². The molecule has 0 aliphatic carbocycles. The van der Waals surface area contributed by atoms with Crippen LogP contribution < -0.4 is 4.74 Å². The van der Waals surface area contributed by atoms with E-state index in [0.717, 1.165) is 19.3 Å². The van der Waals surface area contributed by atoms with Gasteiger partial charge in [0, 0.05) is 12.2 Å². The minimum Gasteiger partial charge on any atom is -0.405 e. The highest BCUT2D eigenvalue weighted by Crippen LogP contribution is 2.33.